The van der Waals surface area contributed by atoms with Crippen LogP contribution in [-0.2, 0) is 17.7 Å². The average molecular weight is 273 g/mol. The molecule has 0 spiro atoms. The second-order valence-corrected chi connectivity index (χ2v) is 4.54. The normalized spacial score (nSPS) is 12.7. The van der Waals surface area contributed by atoms with E-state index in [1.54, 1.807) is 6.07 Å². The SMILES string of the molecule is COC(=O)c1occc1CNc1ccc2c(c1)CCO2. The van der Waals surface area contributed by atoms with Gasteiger partial charge in [-0.2, -0.15) is 0 Å². The molecule has 0 radical (unpaired) electrons. The van der Waals surface area contributed by atoms with Crippen LogP contribution in [0.5, 0.6) is 5.75 Å². The van der Waals surface area contributed by atoms with Gasteiger partial charge < -0.3 is 19.2 Å². The first-order chi connectivity index (χ1) is 9.78. The molecule has 1 N–H and O–H groups in total. The van der Waals surface area contributed by atoms with E-state index in [4.69, 9.17) is 9.15 Å². The molecule has 0 bridgehead atoms. The number of nitrogens with one attached hydrogen (secondary N) is 1. The van der Waals surface area contributed by atoms with Crippen molar-refractivity contribution in [3.8, 4) is 5.75 Å². The molecule has 0 aliphatic carbocycles. The van der Waals surface area contributed by atoms with E-state index in [0.717, 1.165) is 30.0 Å². The molecule has 5 nitrogen and oxygen atoms in total. The molecular weight excluding hydrogens is 258 g/mol. The second-order valence-electron chi connectivity index (χ2n) is 4.54. The molecule has 0 saturated heterocycles. The molecule has 20 heavy (non-hydrogen) atoms. The summed E-state index contributed by atoms with van der Waals surface area (Å²) in [5.41, 5.74) is 2.97. The minimum Gasteiger partial charge on any atom is -0.493 e. The zero-order valence-electron chi connectivity index (χ0n) is 11.1. The smallest absolute Gasteiger partial charge is 0.374 e. The summed E-state index contributed by atoms with van der Waals surface area (Å²) < 4.78 is 15.3. The molecule has 0 fully saturated rings. The van der Waals surface area contributed by atoms with E-state index in [1.165, 1.54) is 18.9 Å². The number of hydrogen-bond acceptors (Lipinski definition) is 5. The molecule has 1 aliphatic heterocycles. The van der Waals surface area contributed by atoms with Crippen molar-refractivity contribution >= 4 is 11.7 Å². The number of benzene rings is 1. The van der Waals surface area contributed by atoms with Crippen molar-refractivity contribution in [3.63, 3.8) is 0 Å². The minimum atomic E-state index is -0.464. The highest BCUT2D eigenvalue weighted by molar-refractivity contribution is 5.87. The Labute approximate surface area is 116 Å². The summed E-state index contributed by atoms with van der Waals surface area (Å²) >= 11 is 0. The first-order valence-corrected chi connectivity index (χ1v) is 6.42. The zero-order valence-corrected chi connectivity index (χ0v) is 11.1. The largest absolute Gasteiger partial charge is 0.493 e. The number of furan rings is 1. The van der Waals surface area contributed by atoms with Crippen molar-refractivity contribution in [1.82, 2.24) is 0 Å². The van der Waals surface area contributed by atoms with Crippen molar-refractivity contribution in [3.05, 3.63) is 47.4 Å². The molecule has 0 amide bonds. The summed E-state index contributed by atoms with van der Waals surface area (Å²) in [6.45, 7) is 1.24. The number of carbonyl (C=O) groups excluding carboxylic acids is 1. The Morgan fingerprint density at radius 1 is 1.40 bits per heavy atom. The molecule has 1 aromatic carbocycles. The van der Waals surface area contributed by atoms with E-state index >= 15 is 0 Å². The third kappa shape index (κ3) is 2.34. The van der Waals surface area contributed by atoms with Crippen LogP contribution in [0, 0.1) is 0 Å². The van der Waals surface area contributed by atoms with Crippen molar-refractivity contribution in [1.29, 1.82) is 0 Å². The summed E-state index contributed by atoms with van der Waals surface area (Å²) in [7, 11) is 1.34. The summed E-state index contributed by atoms with van der Waals surface area (Å²) in [4.78, 5) is 11.5. The van der Waals surface area contributed by atoms with Gasteiger partial charge in [0.15, 0.2) is 0 Å². The van der Waals surface area contributed by atoms with Crippen LogP contribution in [0.15, 0.2) is 34.9 Å². The molecule has 2 heterocycles. The number of hydrogen-bond donors (Lipinski definition) is 1. The Morgan fingerprint density at radius 3 is 3.15 bits per heavy atom. The predicted octanol–water partition coefficient (Wildman–Crippen LogP) is 2.61. The summed E-state index contributed by atoms with van der Waals surface area (Å²) in [6.07, 6.45) is 2.42. The van der Waals surface area contributed by atoms with Gasteiger partial charge in [0.05, 0.1) is 20.0 Å². The van der Waals surface area contributed by atoms with Crippen molar-refractivity contribution < 1.29 is 18.7 Å². The van der Waals surface area contributed by atoms with Crippen LogP contribution in [0.25, 0.3) is 0 Å². The molecule has 5 heteroatoms. The molecule has 0 unspecified atom stereocenters. The fourth-order valence-corrected chi connectivity index (χ4v) is 2.24. The van der Waals surface area contributed by atoms with E-state index in [0.29, 0.717) is 6.54 Å². The number of methoxy groups -OCH3 is 1. The number of fused-ring (bicyclic) bond motifs is 1. The van der Waals surface area contributed by atoms with Gasteiger partial charge in [0.25, 0.3) is 0 Å². The Balaban J connectivity index is 1.71. The van der Waals surface area contributed by atoms with Crippen LogP contribution in [0.2, 0.25) is 0 Å². The van der Waals surface area contributed by atoms with Gasteiger partial charge in [-0.15, -0.1) is 0 Å². The van der Waals surface area contributed by atoms with Gasteiger partial charge in [0.2, 0.25) is 5.76 Å². The van der Waals surface area contributed by atoms with E-state index in [2.05, 4.69) is 16.1 Å². The molecule has 1 aliphatic rings. The van der Waals surface area contributed by atoms with E-state index in [9.17, 15) is 4.79 Å². The maximum Gasteiger partial charge on any atom is 0.374 e. The standard InChI is InChI=1S/C15H15NO4/c1-18-15(17)14-11(5-7-20-14)9-16-12-2-3-13-10(8-12)4-6-19-13/h2-3,5,7-8,16H,4,6,9H2,1H3. The average Bonchev–Trinajstić information content (AvgIpc) is 3.12. The van der Waals surface area contributed by atoms with Gasteiger partial charge in [-0.1, -0.05) is 0 Å². The maximum atomic E-state index is 11.5. The lowest BCUT2D eigenvalue weighted by Crippen LogP contribution is -2.06. The van der Waals surface area contributed by atoms with Crippen LogP contribution >= 0.6 is 0 Å². The number of esters is 1. The van der Waals surface area contributed by atoms with Crippen LogP contribution in [0.3, 0.4) is 0 Å². The summed E-state index contributed by atoms with van der Waals surface area (Å²) in [5, 5.41) is 3.27. The van der Waals surface area contributed by atoms with Gasteiger partial charge in [-0.05, 0) is 29.8 Å². The summed E-state index contributed by atoms with van der Waals surface area (Å²) in [6, 6.07) is 7.75. The van der Waals surface area contributed by atoms with Crippen LogP contribution in [-0.4, -0.2) is 19.7 Å². The van der Waals surface area contributed by atoms with Gasteiger partial charge in [-0.25, -0.2) is 4.79 Å². The third-order valence-corrected chi connectivity index (χ3v) is 3.29. The van der Waals surface area contributed by atoms with Crippen LogP contribution < -0.4 is 10.1 Å². The lowest BCUT2D eigenvalue weighted by Gasteiger charge is -2.07. The molecular formula is C15H15NO4. The molecule has 0 atom stereocenters. The fourth-order valence-electron chi connectivity index (χ4n) is 2.24. The number of ether oxygens (including phenoxy) is 2. The highest BCUT2D eigenvalue weighted by Crippen LogP contribution is 2.28. The monoisotopic (exact) mass is 273 g/mol. The van der Waals surface area contributed by atoms with Gasteiger partial charge >= 0.3 is 5.97 Å². The Bertz CT molecular complexity index is 633. The van der Waals surface area contributed by atoms with Gasteiger partial charge in [-0.3, -0.25) is 0 Å². The minimum absolute atomic E-state index is 0.240. The first kappa shape index (κ1) is 12.6. The van der Waals surface area contributed by atoms with E-state index in [-0.39, 0.29) is 5.76 Å². The molecule has 1 aromatic heterocycles. The van der Waals surface area contributed by atoms with Crippen molar-refractivity contribution in [2.45, 2.75) is 13.0 Å². The zero-order chi connectivity index (χ0) is 13.9. The first-order valence-electron chi connectivity index (χ1n) is 6.42. The number of carbonyl (C=O) groups is 1. The van der Waals surface area contributed by atoms with Gasteiger partial charge in [0.1, 0.15) is 5.75 Å². The highest BCUT2D eigenvalue weighted by atomic mass is 16.5. The van der Waals surface area contributed by atoms with Gasteiger partial charge in [0, 0.05) is 24.2 Å². The predicted molar refractivity (Wildman–Crippen MR) is 73.0 cm³/mol. The molecule has 104 valence electrons. The highest BCUT2D eigenvalue weighted by Gasteiger charge is 2.16. The fraction of sp³-hybridized carbons (Fsp3) is 0.267. The quantitative estimate of drug-likeness (QED) is 0.868. The number of rotatable bonds is 4. The van der Waals surface area contributed by atoms with E-state index < -0.39 is 5.97 Å². The molecule has 2 aromatic rings. The lowest BCUT2D eigenvalue weighted by atomic mass is 10.1. The van der Waals surface area contributed by atoms with Crippen LogP contribution in [0.1, 0.15) is 21.7 Å². The topological polar surface area (TPSA) is 60.7 Å². The Hall–Kier alpha value is -2.43. The molecule has 3 rings (SSSR count). The summed E-state index contributed by atoms with van der Waals surface area (Å²) in [5.74, 6) is 0.729. The maximum absolute atomic E-state index is 11.5. The van der Waals surface area contributed by atoms with E-state index in [1.807, 2.05) is 12.1 Å². The molecule has 0 saturated carbocycles. The van der Waals surface area contributed by atoms with Crippen molar-refractivity contribution in [2.75, 3.05) is 19.0 Å². The van der Waals surface area contributed by atoms with Crippen molar-refractivity contribution in [2.24, 2.45) is 0 Å². The van der Waals surface area contributed by atoms with Crippen LogP contribution in [0.4, 0.5) is 5.69 Å². The second kappa shape index (κ2) is 5.28. The third-order valence-electron chi connectivity index (χ3n) is 3.29. The number of anilines is 1. The lowest BCUT2D eigenvalue weighted by molar-refractivity contribution is 0.0563. The Kier molecular flexibility index (Phi) is 3.33. The Morgan fingerprint density at radius 2 is 2.30 bits per heavy atom.